The molecule has 82 valence electrons. The molecule has 16 heavy (non-hydrogen) atoms. The van der Waals surface area contributed by atoms with E-state index in [9.17, 15) is 0 Å². The summed E-state index contributed by atoms with van der Waals surface area (Å²) in [5, 5.41) is 3.63. The van der Waals surface area contributed by atoms with E-state index in [-0.39, 0.29) is 12.7 Å². The summed E-state index contributed by atoms with van der Waals surface area (Å²) >= 11 is 3.41. The Kier molecular flexibility index (Phi) is 2.03. The number of hydrogen-bond acceptors (Lipinski definition) is 5. The summed E-state index contributed by atoms with van der Waals surface area (Å²) in [6.07, 6.45) is 1.57. The number of aromatic nitrogens is 1. The van der Waals surface area contributed by atoms with Gasteiger partial charge < -0.3 is 19.7 Å². The van der Waals surface area contributed by atoms with Crippen LogP contribution in [0.1, 0.15) is 0 Å². The van der Waals surface area contributed by atoms with E-state index in [0.717, 1.165) is 15.6 Å². The molecule has 6 heteroatoms. The van der Waals surface area contributed by atoms with Gasteiger partial charge in [0, 0.05) is 0 Å². The van der Waals surface area contributed by atoms with Crippen molar-refractivity contribution in [1.82, 2.24) is 5.16 Å². The van der Waals surface area contributed by atoms with Gasteiger partial charge in [-0.05, 0) is 33.6 Å². The monoisotopic (exact) mass is 282 g/mol. The average molecular weight is 283 g/mol. The number of anilines is 1. The molecule has 0 atom stereocenters. The third-order valence-corrected chi connectivity index (χ3v) is 2.93. The van der Waals surface area contributed by atoms with Crippen LogP contribution in [0.2, 0.25) is 0 Å². The second-order valence-electron chi connectivity index (χ2n) is 3.30. The van der Waals surface area contributed by atoms with Crippen molar-refractivity contribution in [3.63, 3.8) is 0 Å². The quantitative estimate of drug-likeness (QED) is 0.870. The van der Waals surface area contributed by atoms with Crippen LogP contribution in [-0.4, -0.2) is 11.9 Å². The lowest BCUT2D eigenvalue weighted by atomic mass is 10.1. The highest BCUT2D eigenvalue weighted by Crippen LogP contribution is 2.43. The van der Waals surface area contributed by atoms with Gasteiger partial charge in [0.05, 0.1) is 16.2 Å². The van der Waals surface area contributed by atoms with Gasteiger partial charge in [0.15, 0.2) is 11.5 Å². The molecule has 0 unspecified atom stereocenters. The smallest absolute Gasteiger partial charge is 0.231 e. The first kappa shape index (κ1) is 9.53. The van der Waals surface area contributed by atoms with Crippen molar-refractivity contribution >= 4 is 21.8 Å². The summed E-state index contributed by atoms with van der Waals surface area (Å²) < 4.78 is 16.2. The molecule has 0 radical (unpaired) electrons. The molecule has 1 aliphatic rings. The van der Waals surface area contributed by atoms with Gasteiger partial charge in [-0.15, -0.1) is 0 Å². The van der Waals surface area contributed by atoms with Gasteiger partial charge in [-0.1, -0.05) is 5.16 Å². The number of benzene rings is 1. The predicted octanol–water partition coefficient (Wildman–Crippen LogP) is 2.42. The lowest BCUT2D eigenvalue weighted by Crippen LogP contribution is -1.93. The highest BCUT2D eigenvalue weighted by Gasteiger charge is 2.19. The predicted molar refractivity (Wildman–Crippen MR) is 60.2 cm³/mol. The second kappa shape index (κ2) is 3.41. The normalized spacial score (nSPS) is 13.1. The summed E-state index contributed by atoms with van der Waals surface area (Å²) in [5.74, 6) is 1.68. The van der Waals surface area contributed by atoms with Crippen LogP contribution in [0.3, 0.4) is 0 Å². The van der Waals surface area contributed by atoms with Crippen LogP contribution in [0.15, 0.2) is 27.3 Å². The van der Waals surface area contributed by atoms with Crippen LogP contribution < -0.4 is 15.2 Å². The van der Waals surface area contributed by atoms with Gasteiger partial charge in [-0.25, -0.2) is 0 Å². The fraction of sp³-hybridized carbons (Fsp3) is 0.100. The van der Waals surface area contributed by atoms with Gasteiger partial charge in [0.2, 0.25) is 12.7 Å². The summed E-state index contributed by atoms with van der Waals surface area (Å²) in [6, 6.07) is 3.73. The van der Waals surface area contributed by atoms with E-state index in [2.05, 4.69) is 21.1 Å². The third-order valence-electron chi connectivity index (χ3n) is 2.34. The Balaban J connectivity index is 2.17. The van der Waals surface area contributed by atoms with Crippen molar-refractivity contribution in [2.75, 3.05) is 12.5 Å². The molecule has 0 saturated carbocycles. The first-order valence-electron chi connectivity index (χ1n) is 4.55. The molecule has 1 aromatic carbocycles. The van der Waals surface area contributed by atoms with Crippen molar-refractivity contribution in [3.8, 4) is 22.6 Å². The van der Waals surface area contributed by atoms with E-state index >= 15 is 0 Å². The molecule has 3 rings (SSSR count). The lowest BCUT2D eigenvalue weighted by Gasteiger charge is -2.03. The van der Waals surface area contributed by atoms with Crippen LogP contribution in [-0.2, 0) is 0 Å². The molecule has 1 aromatic heterocycles. The standard InChI is InChI=1S/C10H7BrN2O3/c11-7-1-5(6-3-13-16-10(6)12)2-8-9(7)15-4-14-8/h1-3H,4,12H2. The minimum absolute atomic E-state index is 0.233. The van der Waals surface area contributed by atoms with Gasteiger partial charge in [-0.2, -0.15) is 0 Å². The number of ether oxygens (including phenoxy) is 2. The van der Waals surface area contributed by atoms with Gasteiger partial charge in [-0.3, -0.25) is 0 Å². The SMILES string of the molecule is Nc1oncc1-c1cc(Br)c2c(c1)OCO2. The van der Waals surface area contributed by atoms with Gasteiger partial charge in [0.1, 0.15) is 0 Å². The summed E-state index contributed by atoms with van der Waals surface area (Å²) in [5.41, 5.74) is 7.26. The molecule has 2 heterocycles. The molecule has 0 saturated heterocycles. The topological polar surface area (TPSA) is 70.5 Å². The van der Waals surface area contributed by atoms with E-state index in [1.165, 1.54) is 0 Å². The summed E-state index contributed by atoms with van der Waals surface area (Å²) in [7, 11) is 0. The van der Waals surface area contributed by atoms with E-state index in [1.807, 2.05) is 12.1 Å². The fourth-order valence-corrected chi connectivity index (χ4v) is 2.14. The molecule has 0 spiro atoms. The zero-order chi connectivity index (χ0) is 11.1. The van der Waals surface area contributed by atoms with E-state index < -0.39 is 0 Å². The van der Waals surface area contributed by atoms with E-state index in [4.69, 9.17) is 19.7 Å². The number of rotatable bonds is 1. The van der Waals surface area contributed by atoms with Crippen LogP contribution >= 0.6 is 15.9 Å². The largest absolute Gasteiger partial charge is 0.454 e. The zero-order valence-electron chi connectivity index (χ0n) is 8.07. The Morgan fingerprint density at radius 1 is 1.31 bits per heavy atom. The maximum atomic E-state index is 5.65. The number of fused-ring (bicyclic) bond motifs is 1. The van der Waals surface area contributed by atoms with Crippen molar-refractivity contribution in [1.29, 1.82) is 0 Å². The van der Waals surface area contributed by atoms with E-state index in [1.54, 1.807) is 6.20 Å². The minimum Gasteiger partial charge on any atom is -0.454 e. The Morgan fingerprint density at radius 2 is 2.19 bits per heavy atom. The first-order chi connectivity index (χ1) is 7.75. The van der Waals surface area contributed by atoms with E-state index in [0.29, 0.717) is 11.5 Å². The molecule has 2 aromatic rings. The number of nitrogens with two attached hydrogens (primary N) is 1. The van der Waals surface area contributed by atoms with Crippen molar-refractivity contribution in [2.45, 2.75) is 0 Å². The van der Waals surface area contributed by atoms with Crippen LogP contribution in [0.25, 0.3) is 11.1 Å². The number of halogens is 1. The Labute approximate surface area is 99.2 Å². The number of hydrogen-bond donors (Lipinski definition) is 1. The fourth-order valence-electron chi connectivity index (χ4n) is 1.59. The van der Waals surface area contributed by atoms with Crippen molar-refractivity contribution < 1.29 is 14.0 Å². The average Bonchev–Trinajstić information content (AvgIpc) is 2.85. The second-order valence-corrected chi connectivity index (χ2v) is 4.15. The molecule has 0 amide bonds. The molecular weight excluding hydrogens is 276 g/mol. The Bertz CT molecular complexity index is 553. The maximum Gasteiger partial charge on any atom is 0.231 e. The van der Waals surface area contributed by atoms with Crippen LogP contribution in [0, 0.1) is 0 Å². The summed E-state index contributed by atoms with van der Waals surface area (Å²) in [6.45, 7) is 0.233. The minimum atomic E-state index is 0.233. The lowest BCUT2D eigenvalue weighted by molar-refractivity contribution is 0.173. The summed E-state index contributed by atoms with van der Waals surface area (Å²) in [4.78, 5) is 0. The van der Waals surface area contributed by atoms with Crippen LogP contribution in [0.5, 0.6) is 11.5 Å². The molecule has 0 bridgehead atoms. The Hall–Kier alpha value is -1.69. The maximum absolute atomic E-state index is 5.65. The third kappa shape index (κ3) is 1.34. The van der Waals surface area contributed by atoms with Crippen LogP contribution in [0.4, 0.5) is 5.88 Å². The molecule has 1 aliphatic heterocycles. The molecule has 0 aliphatic carbocycles. The van der Waals surface area contributed by atoms with Gasteiger partial charge >= 0.3 is 0 Å². The molecule has 2 N–H and O–H groups in total. The number of nitrogen functional groups attached to an aromatic ring is 1. The highest BCUT2D eigenvalue weighted by atomic mass is 79.9. The highest BCUT2D eigenvalue weighted by molar-refractivity contribution is 9.10. The first-order valence-corrected chi connectivity index (χ1v) is 5.34. The zero-order valence-corrected chi connectivity index (χ0v) is 9.65. The Morgan fingerprint density at radius 3 is 2.94 bits per heavy atom. The molecular formula is C10H7BrN2O3. The number of nitrogens with zero attached hydrogens (tertiary/aromatic N) is 1. The molecule has 5 nitrogen and oxygen atoms in total. The van der Waals surface area contributed by atoms with Gasteiger partial charge in [0.25, 0.3) is 0 Å². The van der Waals surface area contributed by atoms with Crippen molar-refractivity contribution in [2.24, 2.45) is 0 Å². The molecule has 0 fully saturated rings. The van der Waals surface area contributed by atoms with Crippen molar-refractivity contribution in [3.05, 3.63) is 22.8 Å².